The van der Waals surface area contributed by atoms with Gasteiger partial charge in [-0.1, -0.05) is 12.1 Å². The summed E-state index contributed by atoms with van der Waals surface area (Å²) in [6.45, 7) is 1.97. The maximum Gasteiger partial charge on any atom is 0.261 e. The molecule has 2 aliphatic heterocycles. The van der Waals surface area contributed by atoms with E-state index in [1.807, 2.05) is 0 Å². The lowest BCUT2D eigenvalue weighted by molar-refractivity contribution is -0.121. The van der Waals surface area contributed by atoms with E-state index in [9.17, 15) is 14.4 Å². The molecule has 0 spiro atoms. The average Bonchev–Trinajstić information content (AvgIpc) is 3.17. The number of benzene rings is 1. The summed E-state index contributed by atoms with van der Waals surface area (Å²) in [6.07, 6.45) is 4.16. The van der Waals surface area contributed by atoms with Gasteiger partial charge < -0.3 is 10.6 Å². The first kappa shape index (κ1) is 19.4. The van der Waals surface area contributed by atoms with Crippen LogP contribution in [0.15, 0.2) is 24.3 Å². The molecule has 1 atom stereocenters. The molecule has 1 aromatic carbocycles. The van der Waals surface area contributed by atoms with Gasteiger partial charge in [0.1, 0.15) is 0 Å². The smallest absolute Gasteiger partial charge is 0.261 e. The van der Waals surface area contributed by atoms with Crippen molar-refractivity contribution in [3.63, 3.8) is 0 Å². The van der Waals surface area contributed by atoms with Crippen LogP contribution >= 0.6 is 12.4 Å². The molecule has 0 bridgehead atoms. The number of hydrogen-bond acceptors (Lipinski definition) is 4. The number of rotatable bonds is 7. The molecule has 3 rings (SSSR count). The second kappa shape index (κ2) is 8.97. The minimum absolute atomic E-state index is 0. The fourth-order valence-electron chi connectivity index (χ4n) is 3.29. The fraction of sp³-hybridized carbons (Fsp3) is 0.500. The minimum Gasteiger partial charge on any atom is -0.356 e. The number of fused-ring (bicyclic) bond motifs is 1. The van der Waals surface area contributed by atoms with Gasteiger partial charge in [0.2, 0.25) is 5.91 Å². The van der Waals surface area contributed by atoms with Crippen LogP contribution in [0.5, 0.6) is 0 Å². The van der Waals surface area contributed by atoms with Crippen molar-refractivity contribution in [1.29, 1.82) is 0 Å². The second-order valence-corrected chi connectivity index (χ2v) is 6.36. The van der Waals surface area contributed by atoms with Gasteiger partial charge in [0.25, 0.3) is 11.8 Å². The summed E-state index contributed by atoms with van der Waals surface area (Å²) in [5, 5.41) is 6.21. The van der Waals surface area contributed by atoms with Gasteiger partial charge in [-0.15, -0.1) is 12.4 Å². The third-order valence-corrected chi connectivity index (χ3v) is 4.60. The van der Waals surface area contributed by atoms with Crippen LogP contribution in [0.3, 0.4) is 0 Å². The highest BCUT2D eigenvalue weighted by molar-refractivity contribution is 6.21. The first-order valence-electron chi connectivity index (χ1n) is 8.62. The van der Waals surface area contributed by atoms with E-state index in [1.165, 1.54) is 4.90 Å². The summed E-state index contributed by atoms with van der Waals surface area (Å²) in [5.74, 6) is -0.367. The van der Waals surface area contributed by atoms with Crippen LogP contribution < -0.4 is 10.6 Å². The number of unbranched alkanes of at least 4 members (excludes halogenated alkanes) is 1. The highest BCUT2D eigenvalue weighted by Crippen LogP contribution is 2.22. The number of nitrogens with zero attached hydrogens (tertiary/aromatic N) is 1. The van der Waals surface area contributed by atoms with Gasteiger partial charge in [-0.3, -0.25) is 19.3 Å². The highest BCUT2D eigenvalue weighted by Gasteiger charge is 2.34. The van der Waals surface area contributed by atoms with Crippen LogP contribution in [-0.2, 0) is 4.79 Å². The molecule has 1 aromatic rings. The van der Waals surface area contributed by atoms with Gasteiger partial charge >= 0.3 is 0 Å². The summed E-state index contributed by atoms with van der Waals surface area (Å²) < 4.78 is 0. The van der Waals surface area contributed by atoms with Crippen LogP contribution in [0.25, 0.3) is 0 Å². The first-order valence-corrected chi connectivity index (χ1v) is 8.62. The molecule has 0 radical (unpaired) electrons. The lowest BCUT2D eigenvalue weighted by Crippen LogP contribution is -2.33. The zero-order valence-corrected chi connectivity index (χ0v) is 14.9. The SMILES string of the molecule is Cl.O=C(CC1CCCN1)NCCCCN1C(=O)c2ccccc2C1=O. The number of hydrogen-bond donors (Lipinski definition) is 2. The molecule has 0 saturated carbocycles. The Hall–Kier alpha value is -1.92. The Bertz CT molecular complexity index is 609. The Kier molecular flexibility index (Phi) is 6.96. The molecule has 25 heavy (non-hydrogen) atoms. The molecule has 0 aliphatic carbocycles. The quantitative estimate of drug-likeness (QED) is 0.570. The molecule has 1 fully saturated rings. The van der Waals surface area contributed by atoms with Crippen LogP contribution in [-0.4, -0.2) is 48.3 Å². The molecule has 1 unspecified atom stereocenters. The average molecular weight is 366 g/mol. The summed E-state index contributed by atoms with van der Waals surface area (Å²) in [7, 11) is 0. The Morgan fingerprint density at radius 1 is 1.16 bits per heavy atom. The van der Waals surface area contributed by atoms with E-state index in [0.717, 1.165) is 25.8 Å². The molecule has 3 amide bonds. The number of halogens is 1. The molecular formula is C18H24ClN3O3. The van der Waals surface area contributed by atoms with E-state index in [-0.39, 0.29) is 30.1 Å². The fourth-order valence-corrected chi connectivity index (χ4v) is 3.29. The maximum absolute atomic E-state index is 12.2. The number of amides is 3. The predicted molar refractivity (Wildman–Crippen MR) is 96.9 cm³/mol. The van der Waals surface area contributed by atoms with E-state index >= 15 is 0 Å². The third-order valence-electron chi connectivity index (χ3n) is 4.60. The first-order chi connectivity index (χ1) is 11.7. The van der Waals surface area contributed by atoms with E-state index < -0.39 is 0 Å². The summed E-state index contributed by atoms with van der Waals surface area (Å²) in [6, 6.07) is 7.22. The molecule has 136 valence electrons. The number of nitrogens with one attached hydrogen (secondary N) is 2. The lowest BCUT2D eigenvalue weighted by Gasteiger charge is -2.14. The Morgan fingerprint density at radius 2 is 1.84 bits per heavy atom. The molecule has 2 aliphatic rings. The van der Waals surface area contributed by atoms with Crippen LogP contribution in [0.1, 0.15) is 52.8 Å². The van der Waals surface area contributed by atoms with Crippen molar-refractivity contribution in [3.05, 3.63) is 35.4 Å². The van der Waals surface area contributed by atoms with Crippen molar-refractivity contribution in [1.82, 2.24) is 15.5 Å². The van der Waals surface area contributed by atoms with Crippen molar-refractivity contribution in [2.24, 2.45) is 0 Å². The zero-order valence-electron chi connectivity index (χ0n) is 14.1. The van der Waals surface area contributed by atoms with Crippen molar-refractivity contribution < 1.29 is 14.4 Å². The molecule has 2 N–H and O–H groups in total. The highest BCUT2D eigenvalue weighted by atomic mass is 35.5. The number of carbonyl (C=O) groups is 3. The normalized spacial score (nSPS) is 18.9. The Balaban J connectivity index is 0.00000225. The lowest BCUT2D eigenvalue weighted by atomic mass is 10.1. The van der Waals surface area contributed by atoms with Gasteiger partial charge in [0, 0.05) is 25.6 Å². The van der Waals surface area contributed by atoms with Crippen molar-refractivity contribution in [2.45, 2.75) is 38.1 Å². The standard InChI is InChI=1S/C18H23N3O3.ClH/c22-16(12-13-6-5-10-19-13)20-9-3-4-11-21-17(23)14-7-1-2-8-15(14)18(21)24;/h1-2,7-8,13,19H,3-6,9-12H2,(H,20,22);1H. The maximum atomic E-state index is 12.2. The van der Waals surface area contributed by atoms with Gasteiger partial charge in [-0.25, -0.2) is 0 Å². The van der Waals surface area contributed by atoms with Gasteiger partial charge in [-0.2, -0.15) is 0 Å². The van der Waals surface area contributed by atoms with Crippen LogP contribution in [0, 0.1) is 0 Å². The van der Waals surface area contributed by atoms with Crippen LogP contribution in [0.4, 0.5) is 0 Å². The van der Waals surface area contributed by atoms with E-state index in [0.29, 0.717) is 43.1 Å². The number of carbonyl (C=O) groups excluding carboxylic acids is 3. The molecule has 1 saturated heterocycles. The second-order valence-electron chi connectivity index (χ2n) is 6.36. The van der Waals surface area contributed by atoms with E-state index in [2.05, 4.69) is 10.6 Å². The Labute approximate surface area is 153 Å². The molecule has 7 heteroatoms. The third kappa shape index (κ3) is 4.58. The van der Waals surface area contributed by atoms with Crippen molar-refractivity contribution >= 4 is 30.1 Å². The largest absolute Gasteiger partial charge is 0.356 e. The number of imide groups is 1. The van der Waals surface area contributed by atoms with E-state index in [1.54, 1.807) is 24.3 Å². The molecule has 0 aromatic heterocycles. The molecular weight excluding hydrogens is 342 g/mol. The van der Waals surface area contributed by atoms with E-state index in [4.69, 9.17) is 0 Å². The predicted octanol–water partition coefficient (Wildman–Crippen LogP) is 1.74. The van der Waals surface area contributed by atoms with Gasteiger partial charge in [0.05, 0.1) is 11.1 Å². The molecule has 2 heterocycles. The van der Waals surface area contributed by atoms with Gasteiger partial charge in [0.15, 0.2) is 0 Å². The van der Waals surface area contributed by atoms with Gasteiger partial charge in [-0.05, 0) is 44.4 Å². The zero-order chi connectivity index (χ0) is 16.9. The molecule has 6 nitrogen and oxygen atoms in total. The summed E-state index contributed by atoms with van der Waals surface area (Å²) in [5.41, 5.74) is 0.972. The minimum atomic E-state index is -0.216. The summed E-state index contributed by atoms with van der Waals surface area (Å²) >= 11 is 0. The Morgan fingerprint density at radius 3 is 2.44 bits per heavy atom. The van der Waals surface area contributed by atoms with Crippen molar-refractivity contribution in [3.8, 4) is 0 Å². The summed E-state index contributed by atoms with van der Waals surface area (Å²) in [4.78, 5) is 37.5. The topological polar surface area (TPSA) is 78.5 Å². The van der Waals surface area contributed by atoms with Crippen LogP contribution in [0.2, 0.25) is 0 Å². The monoisotopic (exact) mass is 365 g/mol. The van der Waals surface area contributed by atoms with Crippen molar-refractivity contribution in [2.75, 3.05) is 19.6 Å².